The first-order valence-corrected chi connectivity index (χ1v) is 9.25. The maximum Gasteiger partial charge on any atom is 0.118 e. The van der Waals surface area contributed by atoms with Crippen molar-refractivity contribution in [1.29, 1.82) is 0 Å². The molecule has 0 heterocycles. The van der Waals surface area contributed by atoms with E-state index in [9.17, 15) is 0 Å². The first-order chi connectivity index (χ1) is 10.2. The van der Waals surface area contributed by atoms with E-state index in [0.29, 0.717) is 6.04 Å². The molecule has 0 amide bonds. The minimum Gasteiger partial charge on any atom is -0.497 e. The van der Waals surface area contributed by atoms with Gasteiger partial charge in [0.1, 0.15) is 5.75 Å². The van der Waals surface area contributed by atoms with Crippen molar-refractivity contribution in [3.63, 3.8) is 0 Å². The monoisotopic (exact) mass is 309 g/mol. The number of benzene rings is 1. The van der Waals surface area contributed by atoms with Gasteiger partial charge < -0.3 is 10.1 Å². The second-order valence-electron chi connectivity index (χ2n) is 5.97. The molecule has 0 aliphatic carbocycles. The van der Waals surface area contributed by atoms with Crippen LogP contribution in [0.3, 0.4) is 0 Å². The molecule has 2 nitrogen and oxygen atoms in total. The molecule has 0 aliphatic heterocycles. The second kappa shape index (κ2) is 11.0. The summed E-state index contributed by atoms with van der Waals surface area (Å²) in [6, 6.07) is 9.08. The van der Waals surface area contributed by atoms with Crippen molar-refractivity contribution in [2.75, 3.05) is 25.2 Å². The number of methoxy groups -OCH3 is 1. The number of hydrogen-bond donors (Lipinski definition) is 1. The van der Waals surface area contributed by atoms with E-state index in [4.69, 9.17) is 4.74 Å². The molecule has 1 atom stereocenters. The van der Waals surface area contributed by atoms with Crippen molar-refractivity contribution >= 4 is 11.8 Å². The summed E-state index contributed by atoms with van der Waals surface area (Å²) in [4.78, 5) is 0. The van der Waals surface area contributed by atoms with Crippen molar-refractivity contribution in [1.82, 2.24) is 5.32 Å². The van der Waals surface area contributed by atoms with Gasteiger partial charge >= 0.3 is 0 Å². The zero-order valence-electron chi connectivity index (χ0n) is 14.0. The van der Waals surface area contributed by atoms with Crippen LogP contribution in [0.5, 0.6) is 5.75 Å². The summed E-state index contributed by atoms with van der Waals surface area (Å²) >= 11 is 2.08. The highest BCUT2D eigenvalue weighted by atomic mass is 32.2. The van der Waals surface area contributed by atoms with E-state index in [1.54, 1.807) is 7.11 Å². The number of nitrogens with one attached hydrogen (secondary N) is 1. The molecular weight excluding hydrogens is 278 g/mol. The molecule has 0 fully saturated rings. The van der Waals surface area contributed by atoms with Crippen LogP contribution in [-0.4, -0.2) is 31.2 Å². The fourth-order valence-electron chi connectivity index (χ4n) is 2.17. The predicted molar refractivity (Wildman–Crippen MR) is 95.6 cm³/mol. The third kappa shape index (κ3) is 8.37. The Morgan fingerprint density at radius 2 is 1.86 bits per heavy atom. The van der Waals surface area contributed by atoms with Gasteiger partial charge in [-0.25, -0.2) is 0 Å². The van der Waals surface area contributed by atoms with E-state index in [-0.39, 0.29) is 0 Å². The second-order valence-corrected chi connectivity index (χ2v) is 7.04. The summed E-state index contributed by atoms with van der Waals surface area (Å²) in [6.45, 7) is 7.93. The van der Waals surface area contributed by atoms with Gasteiger partial charge in [-0.1, -0.05) is 32.9 Å². The number of aryl methyl sites for hydroxylation is 1. The molecule has 1 N–H and O–H groups in total. The zero-order valence-corrected chi connectivity index (χ0v) is 14.8. The molecule has 1 unspecified atom stereocenters. The summed E-state index contributed by atoms with van der Waals surface area (Å²) in [6.07, 6.45) is 3.54. The molecule has 120 valence electrons. The fraction of sp³-hybridized carbons (Fsp3) is 0.667. The summed E-state index contributed by atoms with van der Waals surface area (Å²) in [5, 5.41) is 3.69. The van der Waals surface area contributed by atoms with E-state index in [2.05, 4.69) is 62.1 Å². The highest BCUT2D eigenvalue weighted by Gasteiger charge is 2.09. The van der Waals surface area contributed by atoms with Gasteiger partial charge in [-0.2, -0.15) is 11.8 Å². The van der Waals surface area contributed by atoms with Crippen molar-refractivity contribution in [3.8, 4) is 5.75 Å². The summed E-state index contributed by atoms with van der Waals surface area (Å²) in [5.41, 5.74) is 1.40. The van der Waals surface area contributed by atoms with Gasteiger partial charge in [-0.3, -0.25) is 0 Å². The lowest BCUT2D eigenvalue weighted by atomic mass is 10.1. The normalized spacial score (nSPS) is 12.6. The van der Waals surface area contributed by atoms with Crippen LogP contribution in [0, 0.1) is 5.92 Å². The molecular formula is C18H31NOS. The van der Waals surface area contributed by atoms with Gasteiger partial charge in [0.05, 0.1) is 7.11 Å². The predicted octanol–water partition coefficient (Wildman–Crippen LogP) is 4.39. The zero-order chi connectivity index (χ0) is 15.5. The van der Waals surface area contributed by atoms with Crippen LogP contribution in [0.1, 0.15) is 39.2 Å². The Morgan fingerprint density at radius 3 is 2.43 bits per heavy atom. The lowest BCUT2D eigenvalue weighted by Gasteiger charge is -2.19. The van der Waals surface area contributed by atoms with Crippen LogP contribution >= 0.6 is 11.8 Å². The molecule has 1 aromatic rings. The Morgan fingerprint density at radius 1 is 1.14 bits per heavy atom. The molecule has 3 heteroatoms. The maximum absolute atomic E-state index is 5.21. The quantitative estimate of drug-likeness (QED) is 0.655. The lowest BCUT2D eigenvalue weighted by molar-refractivity contribution is 0.414. The maximum atomic E-state index is 5.21. The van der Waals surface area contributed by atoms with Gasteiger partial charge in [-0.15, -0.1) is 0 Å². The number of thioether (sulfide) groups is 1. The summed E-state index contributed by atoms with van der Waals surface area (Å²) in [5.74, 6) is 4.19. The van der Waals surface area contributed by atoms with Crippen molar-refractivity contribution in [2.45, 2.75) is 46.1 Å². The highest BCUT2D eigenvalue weighted by molar-refractivity contribution is 7.99. The number of ether oxygens (including phenoxy) is 1. The van der Waals surface area contributed by atoms with E-state index >= 15 is 0 Å². The Hall–Kier alpha value is -0.670. The van der Waals surface area contributed by atoms with E-state index < -0.39 is 0 Å². The number of rotatable bonds is 11. The van der Waals surface area contributed by atoms with Crippen molar-refractivity contribution in [2.24, 2.45) is 5.92 Å². The van der Waals surface area contributed by atoms with Crippen LogP contribution in [0.15, 0.2) is 24.3 Å². The summed E-state index contributed by atoms with van der Waals surface area (Å²) in [7, 11) is 1.71. The Bertz CT molecular complexity index is 364. The molecule has 0 aromatic heterocycles. The molecule has 0 saturated heterocycles. The number of hydrogen-bond acceptors (Lipinski definition) is 3. The average molecular weight is 310 g/mol. The summed E-state index contributed by atoms with van der Waals surface area (Å²) < 4.78 is 5.21. The molecule has 0 saturated carbocycles. The Labute approximate surface area is 135 Å². The standard InChI is InChI=1S/C18H31NOS/c1-5-12-19-17(14-21-13-15(2)3)9-6-16-7-10-18(20-4)11-8-16/h7-8,10-11,15,17,19H,5-6,9,12-14H2,1-4H3. The molecule has 0 radical (unpaired) electrons. The molecule has 21 heavy (non-hydrogen) atoms. The third-order valence-electron chi connectivity index (χ3n) is 3.39. The van der Waals surface area contributed by atoms with E-state index in [1.165, 1.54) is 29.9 Å². The Balaban J connectivity index is 2.39. The fourth-order valence-corrected chi connectivity index (χ4v) is 3.35. The average Bonchev–Trinajstić information content (AvgIpc) is 2.49. The Kier molecular flexibility index (Phi) is 9.60. The van der Waals surface area contributed by atoms with Gasteiger partial charge in [0.15, 0.2) is 0 Å². The SMILES string of the molecule is CCCNC(CCc1ccc(OC)cc1)CSCC(C)C. The molecule has 1 rings (SSSR count). The molecule has 0 bridgehead atoms. The van der Waals surface area contributed by atoms with Crippen LogP contribution in [0.4, 0.5) is 0 Å². The third-order valence-corrected chi connectivity index (χ3v) is 4.93. The lowest BCUT2D eigenvalue weighted by Crippen LogP contribution is -2.32. The smallest absolute Gasteiger partial charge is 0.118 e. The highest BCUT2D eigenvalue weighted by Crippen LogP contribution is 2.15. The first kappa shape index (κ1) is 18.4. The molecule has 1 aromatic carbocycles. The van der Waals surface area contributed by atoms with Crippen molar-refractivity contribution in [3.05, 3.63) is 29.8 Å². The molecule has 0 aliphatic rings. The largest absolute Gasteiger partial charge is 0.497 e. The first-order valence-electron chi connectivity index (χ1n) is 8.09. The topological polar surface area (TPSA) is 21.3 Å². The van der Waals surface area contributed by atoms with Crippen LogP contribution in [0.25, 0.3) is 0 Å². The van der Waals surface area contributed by atoms with E-state index in [0.717, 1.165) is 24.6 Å². The van der Waals surface area contributed by atoms with Crippen molar-refractivity contribution < 1.29 is 4.74 Å². The van der Waals surface area contributed by atoms with E-state index in [1.807, 2.05) is 0 Å². The minimum atomic E-state index is 0.621. The van der Waals surface area contributed by atoms with Gasteiger partial charge in [0.2, 0.25) is 0 Å². The van der Waals surface area contributed by atoms with Gasteiger partial charge in [-0.05, 0) is 55.2 Å². The van der Waals surface area contributed by atoms with Crippen LogP contribution < -0.4 is 10.1 Å². The van der Waals surface area contributed by atoms with Gasteiger partial charge in [0.25, 0.3) is 0 Å². The van der Waals surface area contributed by atoms with Crippen LogP contribution in [-0.2, 0) is 6.42 Å². The molecule has 0 spiro atoms. The van der Waals surface area contributed by atoms with Gasteiger partial charge in [0, 0.05) is 11.8 Å². The minimum absolute atomic E-state index is 0.621. The van der Waals surface area contributed by atoms with Crippen LogP contribution in [0.2, 0.25) is 0 Å².